The molecule has 2 aliphatic heterocycles. The molecule has 0 saturated carbocycles. The molecule has 49 heavy (non-hydrogen) atoms. The average Bonchev–Trinajstić information content (AvgIpc) is 3.73. The third-order valence-corrected chi connectivity index (χ3v) is 10.1. The number of halogens is 1. The van der Waals surface area contributed by atoms with Crippen molar-refractivity contribution in [2.45, 2.75) is 39.7 Å². The lowest BCUT2D eigenvalue weighted by molar-refractivity contribution is -0.121. The summed E-state index contributed by atoms with van der Waals surface area (Å²) in [5.74, 6) is 2.01. The summed E-state index contributed by atoms with van der Waals surface area (Å²) >= 11 is 7.89. The number of nitrogens with one attached hydrogen (secondary N) is 3. The van der Waals surface area contributed by atoms with E-state index in [1.165, 1.54) is 4.88 Å². The summed E-state index contributed by atoms with van der Waals surface area (Å²) in [6.07, 6.45) is 2.33. The van der Waals surface area contributed by atoms with Crippen molar-refractivity contribution in [2.75, 3.05) is 36.9 Å². The van der Waals surface area contributed by atoms with Crippen LogP contribution in [0.25, 0.3) is 16.1 Å². The van der Waals surface area contributed by atoms with Gasteiger partial charge in [0, 0.05) is 51.6 Å². The highest BCUT2D eigenvalue weighted by atomic mass is 35.5. The standard InChI is InChI=1S/C36H35ClN8O3S/c1-20-21(2)49-36-33(20)34(23-4-8-27(37)9-5-23)42-29(35-44-43-22(3)45(35)36)18-31(46)39-13-15-48-14-12-38-30-11-7-25(19-40-30)24-6-10-28-26(16-24)17-32(47)41-28/h4-11,16,19,29H,12-15,17-18H2,1-3H3,(H,38,40)(H,39,46)(H,41,47)/t29-/m0/s1. The highest BCUT2D eigenvalue weighted by Crippen LogP contribution is 2.39. The largest absolute Gasteiger partial charge is 0.378 e. The molecule has 0 aliphatic carbocycles. The Morgan fingerprint density at radius 1 is 1.02 bits per heavy atom. The second-order valence-electron chi connectivity index (χ2n) is 12.0. The van der Waals surface area contributed by atoms with E-state index in [9.17, 15) is 9.59 Å². The van der Waals surface area contributed by atoms with E-state index in [4.69, 9.17) is 21.3 Å². The smallest absolute Gasteiger partial charge is 0.228 e. The number of hydrogen-bond acceptors (Lipinski definition) is 9. The van der Waals surface area contributed by atoms with Crippen LogP contribution >= 0.6 is 22.9 Å². The van der Waals surface area contributed by atoms with Crippen molar-refractivity contribution in [2.24, 2.45) is 4.99 Å². The van der Waals surface area contributed by atoms with E-state index in [0.717, 1.165) is 61.4 Å². The van der Waals surface area contributed by atoms with Gasteiger partial charge in [-0.2, -0.15) is 0 Å². The molecule has 0 bridgehead atoms. The Balaban J connectivity index is 0.919. The van der Waals surface area contributed by atoms with Crippen molar-refractivity contribution >= 4 is 52.0 Å². The highest BCUT2D eigenvalue weighted by Gasteiger charge is 2.32. The van der Waals surface area contributed by atoms with Crippen molar-refractivity contribution in [1.82, 2.24) is 25.1 Å². The third kappa shape index (κ3) is 6.85. The molecule has 5 heterocycles. The summed E-state index contributed by atoms with van der Waals surface area (Å²) in [6, 6.07) is 17.0. The summed E-state index contributed by atoms with van der Waals surface area (Å²) in [7, 11) is 0. The van der Waals surface area contributed by atoms with Crippen molar-refractivity contribution in [1.29, 1.82) is 0 Å². The Kier molecular flexibility index (Phi) is 9.26. The van der Waals surface area contributed by atoms with Crippen LogP contribution in [0.5, 0.6) is 0 Å². The Labute approximate surface area is 292 Å². The van der Waals surface area contributed by atoms with E-state index in [1.807, 2.05) is 72.3 Å². The van der Waals surface area contributed by atoms with Gasteiger partial charge in [-0.15, -0.1) is 21.5 Å². The second-order valence-corrected chi connectivity index (χ2v) is 13.7. The topological polar surface area (TPSA) is 135 Å². The number of anilines is 2. The number of ether oxygens (including phenoxy) is 1. The Morgan fingerprint density at radius 3 is 2.59 bits per heavy atom. The van der Waals surface area contributed by atoms with Gasteiger partial charge in [-0.1, -0.05) is 29.8 Å². The second kappa shape index (κ2) is 13.9. The van der Waals surface area contributed by atoms with Gasteiger partial charge in [0.05, 0.1) is 31.8 Å². The first-order valence-corrected chi connectivity index (χ1v) is 17.3. The van der Waals surface area contributed by atoms with Crippen molar-refractivity contribution < 1.29 is 14.3 Å². The molecule has 250 valence electrons. The Hall–Kier alpha value is -4.91. The van der Waals surface area contributed by atoms with Gasteiger partial charge < -0.3 is 20.7 Å². The molecule has 0 fully saturated rings. The van der Waals surface area contributed by atoms with Crippen LogP contribution in [0.2, 0.25) is 5.02 Å². The fourth-order valence-corrected chi connectivity index (χ4v) is 7.41. The number of aliphatic imine (C=N–C) groups is 1. The number of aryl methyl sites for hydroxylation is 2. The molecule has 7 rings (SSSR count). The number of carbonyl (C=O) groups excluding carboxylic acids is 2. The van der Waals surface area contributed by atoms with Crippen LogP contribution in [0.3, 0.4) is 0 Å². The average molecular weight is 695 g/mol. The monoisotopic (exact) mass is 694 g/mol. The highest BCUT2D eigenvalue weighted by molar-refractivity contribution is 7.15. The van der Waals surface area contributed by atoms with Crippen LogP contribution in [0, 0.1) is 20.8 Å². The first kappa shape index (κ1) is 32.6. The number of carbonyl (C=O) groups is 2. The van der Waals surface area contributed by atoms with Crippen LogP contribution < -0.4 is 16.0 Å². The maximum absolute atomic E-state index is 13.2. The summed E-state index contributed by atoms with van der Waals surface area (Å²) in [5, 5.41) is 19.6. The Bertz CT molecular complexity index is 2070. The molecule has 2 amide bonds. The number of hydrogen-bond donors (Lipinski definition) is 3. The van der Waals surface area contributed by atoms with Crippen molar-refractivity contribution in [3.05, 3.63) is 105 Å². The third-order valence-electron chi connectivity index (χ3n) is 8.68. The van der Waals surface area contributed by atoms with E-state index in [0.29, 0.717) is 43.6 Å². The molecule has 1 atom stereocenters. The van der Waals surface area contributed by atoms with Crippen LogP contribution in [0.15, 0.2) is 65.8 Å². The normalized spacial score (nSPS) is 14.7. The van der Waals surface area contributed by atoms with Gasteiger partial charge in [0.15, 0.2) is 5.82 Å². The van der Waals surface area contributed by atoms with E-state index in [-0.39, 0.29) is 18.2 Å². The number of aromatic nitrogens is 4. The number of thiophene rings is 1. The molecule has 0 spiro atoms. The van der Waals surface area contributed by atoms with Gasteiger partial charge in [0.25, 0.3) is 0 Å². The molecule has 5 aromatic rings. The van der Waals surface area contributed by atoms with Gasteiger partial charge in [0.2, 0.25) is 11.8 Å². The summed E-state index contributed by atoms with van der Waals surface area (Å²) in [5.41, 5.74) is 7.79. The molecule has 2 aliphatic rings. The predicted octanol–water partition coefficient (Wildman–Crippen LogP) is 5.99. The molecule has 3 aromatic heterocycles. The molecule has 11 nitrogen and oxygen atoms in total. The maximum Gasteiger partial charge on any atom is 0.228 e. The molecule has 13 heteroatoms. The first-order chi connectivity index (χ1) is 23.7. The van der Waals surface area contributed by atoms with Crippen LogP contribution in [0.1, 0.15) is 51.2 Å². The fraction of sp³-hybridized carbons (Fsp3) is 0.278. The van der Waals surface area contributed by atoms with Gasteiger partial charge >= 0.3 is 0 Å². The minimum absolute atomic E-state index is 0.0207. The summed E-state index contributed by atoms with van der Waals surface area (Å²) < 4.78 is 7.80. The minimum Gasteiger partial charge on any atom is -0.378 e. The maximum atomic E-state index is 13.2. The number of nitrogens with zero attached hydrogens (tertiary/aromatic N) is 5. The SMILES string of the molecule is Cc1sc2c(c1C)C(c1ccc(Cl)cc1)=N[C@@H](CC(=O)NCCOCCNc1ccc(-c3ccc4c(c3)CC(=O)N4)cn1)c1nnc(C)n1-2. The predicted molar refractivity (Wildman–Crippen MR) is 192 cm³/mol. The van der Waals surface area contributed by atoms with Gasteiger partial charge in [-0.3, -0.25) is 19.1 Å². The van der Waals surface area contributed by atoms with E-state index in [2.05, 4.69) is 45.0 Å². The molecule has 3 N–H and O–H groups in total. The number of benzene rings is 2. The zero-order chi connectivity index (χ0) is 34.1. The number of pyridine rings is 1. The van der Waals surface area contributed by atoms with Crippen LogP contribution in [-0.2, 0) is 20.7 Å². The first-order valence-electron chi connectivity index (χ1n) is 16.1. The zero-order valence-electron chi connectivity index (χ0n) is 27.3. The molecule has 2 aromatic carbocycles. The van der Waals surface area contributed by atoms with E-state index < -0.39 is 6.04 Å². The van der Waals surface area contributed by atoms with Gasteiger partial charge in [-0.05, 0) is 73.9 Å². The molecule has 0 saturated heterocycles. The van der Waals surface area contributed by atoms with Crippen molar-refractivity contribution in [3.63, 3.8) is 0 Å². The van der Waals surface area contributed by atoms with Crippen molar-refractivity contribution in [3.8, 4) is 16.1 Å². The quantitative estimate of drug-likeness (QED) is 0.145. The molecule has 0 unspecified atom stereocenters. The lowest BCUT2D eigenvalue weighted by atomic mass is 9.99. The van der Waals surface area contributed by atoms with E-state index >= 15 is 0 Å². The van der Waals surface area contributed by atoms with Gasteiger partial charge in [0.1, 0.15) is 22.7 Å². The minimum atomic E-state index is -0.529. The number of fused-ring (bicyclic) bond motifs is 4. The zero-order valence-corrected chi connectivity index (χ0v) is 28.9. The van der Waals surface area contributed by atoms with Crippen LogP contribution in [-0.4, -0.2) is 63.6 Å². The Morgan fingerprint density at radius 2 is 1.80 bits per heavy atom. The fourth-order valence-electron chi connectivity index (χ4n) is 6.07. The molecular weight excluding hydrogens is 660 g/mol. The molecule has 0 radical (unpaired) electrons. The number of amides is 2. The van der Waals surface area contributed by atoms with Gasteiger partial charge in [-0.25, -0.2) is 4.98 Å². The lowest BCUT2D eigenvalue weighted by Gasteiger charge is -2.13. The summed E-state index contributed by atoms with van der Waals surface area (Å²) in [6.45, 7) is 7.87. The molecular formula is C36H35ClN8O3S. The van der Waals surface area contributed by atoms with Crippen LogP contribution in [0.4, 0.5) is 11.5 Å². The lowest BCUT2D eigenvalue weighted by Crippen LogP contribution is -2.29. The van der Waals surface area contributed by atoms with E-state index in [1.54, 1.807) is 11.3 Å². The number of rotatable bonds is 11. The summed E-state index contributed by atoms with van der Waals surface area (Å²) in [4.78, 5) is 35.7.